The van der Waals surface area contributed by atoms with E-state index in [0.29, 0.717) is 6.54 Å². The van der Waals surface area contributed by atoms with Crippen molar-refractivity contribution in [3.63, 3.8) is 0 Å². The summed E-state index contributed by atoms with van der Waals surface area (Å²) in [6.07, 6.45) is 6.67. The second-order valence-electron chi connectivity index (χ2n) is 6.18. The highest BCUT2D eigenvalue weighted by Crippen LogP contribution is 2.25. The molecule has 0 spiro atoms. The van der Waals surface area contributed by atoms with Gasteiger partial charge in [0.25, 0.3) is 0 Å². The molecule has 0 aromatic carbocycles. The quantitative estimate of drug-likeness (QED) is 0.875. The van der Waals surface area contributed by atoms with Gasteiger partial charge in [-0.3, -0.25) is 0 Å². The van der Waals surface area contributed by atoms with E-state index in [0.717, 1.165) is 37.1 Å². The molecule has 1 aliphatic rings. The Bertz CT molecular complexity index is 491. The molecule has 2 rings (SSSR count). The molecule has 1 heterocycles. The van der Waals surface area contributed by atoms with Crippen LogP contribution < -0.4 is 5.32 Å². The molecule has 0 unspecified atom stereocenters. The Labute approximate surface area is 136 Å². The Kier molecular flexibility index (Phi) is 6.20. The lowest BCUT2D eigenvalue weighted by atomic mass is 9.86. The standard InChI is InChI=1S/C16H27N3O2S/c1-4-13-9-17-15(22-13)11(2)18-16(21)19(3)10-12-7-5-6-8-14(12)20/h9,11-12,14,20H,4-8,10H2,1-3H3,(H,18,21)/t11-,12+,14-/m0/s1. The average molecular weight is 325 g/mol. The van der Waals surface area contributed by atoms with Gasteiger partial charge in [-0.05, 0) is 26.2 Å². The van der Waals surface area contributed by atoms with Gasteiger partial charge in [0.2, 0.25) is 0 Å². The maximum atomic E-state index is 12.3. The van der Waals surface area contributed by atoms with Gasteiger partial charge in [-0.2, -0.15) is 0 Å². The van der Waals surface area contributed by atoms with Gasteiger partial charge in [-0.15, -0.1) is 11.3 Å². The van der Waals surface area contributed by atoms with Crippen LogP contribution >= 0.6 is 11.3 Å². The van der Waals surface area contributed by atoms with Crippen LogP contribution in [0.1, 0.15) is 55.5 Å². The molecule has 1 fully saturated rings. The summed E-state index contributed by atoms with van der Waals surface area (Å²) in [6, 6.07) is -0.185. The van der Waals surface area contributed by atoms with Gasteiger partial charge in [-0.25, -0.2) is 9.78 Å². The summed E-state index contributed by atoms with van der Waals surface area (Å²) in [6.45, 7) is 4.67. The largest absolute Gasteiger partial charge is 0.393 e. The molecule has 6 heteroatoms. The predicted octanol–water partition coefficient (Wildman–Crippen LogP) is 2.96. The van der Waals surface area contributed by atoms with E-state index in [1.807, 2.05) is 13.1 Å². The summed E-state index contributed by atoms with van der Waals surface area (Å²) < 4.78 is 0. The third-order valence-corrected chi connectivity index (χ3v) is 5.68. The highest BCUT2D eigenvalue weighted by atomic mass is 32.1. The topological polar surface area (TPSA) is 65.5 Å². The zero-order valence-electron chi connectivity index (χ0n) is 13.7. The Morgan fingerprint density at radius 1 is 1.55 bits per heavy atom. The first kappa shape index (κ1) is 17.2. The number of rotatable bonds is 5. The van der Waals surface area contributed by atoms with Crippen LogP contribution in [0.2, 0.25) is 0 Å². The molecule has 0 saturated heterocycles. The number of amides is 2. The highest BCUT2D eigenvalue weighted by Gasteiger charge is 2.26. The van der Waals surface area contributed by atoms with Crippen molar-refractivity contribution in [2.24, 2.45) is 5.92 Å². The van der Waals surface area contributed by atoms with Crippen molar-refractivity contribution in [3.8, 4) is 0 Å². The number of hydrogen-bond acceptors (Lipinski definition) is 4. The van der Waals surface area contributed by atoms with Crippen LogP contribution in [0.4, 0.5) is 4.79 Å². The first-order valence-corrected chi connectivity index (χ1v) is 8.97. The van der Waals surface area contributed by atoms with Crippen LogP contribution in [0.15, 0.2) is 6.20 Å². The van der Waals surface area contributed by atoms with Crippen molar-refractivity contribution in [1.29, 1.82) is 0 Å². The summed E-state index contributed by atoms with van der Waals surface area (Å²) in [5.41, 5.74) is 0. The van der Waals surface area contributed by atoms with Crippen LogP contribution in [0.3, 0.4) is 0 Å². The lowest BCUT2D eigenvalue weighted by Crippen LogP contribution is -2.43. The van der Waals surface area contributed by atoms with Gasteiger partial charge in [-0.1, -0.05) is 19.8 Å². The average Bonchev–Trinajstić information content (AvgIpc) is 2.98. The molecule has 3 atom stereocenters. The molecule has 2 amide bonds. The summed E-state index contributed by atoms with van der Waals surface area (Å²) >= 11 is 1.65. The molecule has 2 N–H and O–H groups in total. The summed E-state index contributed by atoms with van der Waals surface area (Å²) in [5.74, 6) is 0.200. The van der Waals surface area contributed by atoms with Crippen molar-refractivity contribution in [1.82, 2.24) is 15.2 Å². The van der Waals surface area contributed by atoms with Gasteiger partial charge >= 0.3 is 6.03 Å². The third kappa shape index (κ3) is 4.43. The van der Waals surface area contributed by atoms with E-state index >= 15 is 0 Å². The van der Waals surface area contributed by atoms with Crippen LogP contribution in [-0.4, -0.2) is 40.7 Å². The van der Waals surface area contributed by atoms with Crippen LogP contribution in [0.5, 0.6) is 0 Å². The number of urea groups is 1. The van der Waals surface area contributed by atoms with E-state index in [1.165, 1.54) is 4.88 Å². The Morgan fingerprint density at radius 2 is 2.27 bits per heavy atom. The van der Waals surface area contributed by atoms with Crippen LogP contribution in [0.25, 0.3) is 0 Å². The number of hydrogen-bond donors (Lipinski definition) is 2. The molecule has 124 valence electrons. The number of thiazole rings is 1. The molecule has 1 aliphatic carbocycles. The molecule has 0 aliphatic heterocycles. The SMILES string of the molecule is CCc1cnc([C@H](C)NC(=O)N(C)C[C@H]2CCCC[C@@H]2O)s1. The van der Waals surface area contributed by atoms with Crippen molar-refractivity contribution in [3.05, 3.63) is 16.1 Å². The fraction of sp³-hybridized carbons (Fsp3) is 0.750. The molecule has 1 saturated carbocycles. The minimum absolute atomic E-state index is 0.0865. The van der Waals surface area contributed by atoms with Gasteiger partial charge in [0, 0.05) is 30.6 Å². The third-order valence-electron chi connectivity index (χ3n) is 4.35. The summed E-state index contributed by atoms with van der Waals surface area (Å²) in [4.78, 5) is 19.6. The number of nitrogens with one attached hydrogen (secondary N) is 1. The monoisotopic (exact) mass is 325 g/mol. The van der Waals surface area contributed by atoms with Crippen molar-refractivity contribution in [2.75, 3.05) is 13.6 Å². The summed E-state index contributed by atoms with van der Waals surface area (Å²) in [7, 11) is 1.79. The van der Waals surface area contributed by atoms with E-state index in [4.69, 9.17) is 0 Å². The molecular weight excluding hydrogens is 298 g/mol. The molecule has 22 heavy (non-hydrogen) atoms. The first-order chi connectivity index (χ1) is 10.5. The number of carbonyl (C=O) groups excluding carboxylic acids is 1. The lowest BCUT2D eigenvalue weighted by Gasteiger charge is -2.31. The zero-order valence-corrected chi connectivity index (χ0v) is 14.5. The molecule has 1 aromatic heterocycles. The normalized spacial score (nSPS) is 23.1. The predicted molar refractivity (Wildman–Crippen MR) is 89.0 cm³/mol. The smallest absolute Gasteiger partial charge is 0.317 e. The van der Waals surface area contributed by atoms with E-state index in [1.54, 1.807) is 23.3 Å². The minimum Gasteiger partial charge on any atom is -0.393 e. The number of aliphatic hydroxyl groups excluding tert-OH is 1. The minimum atomic E-state index is -0.271. The maximum Gasteiger partial charge on any atom is 0.317 e. The second-order valence-corrected chi connectivity index (χ2v) is 7.33. The molecular formula is C16H27N3O2S. The van der Waals surface area contributed by atoms with E-state index in [9.17, 15) is 9.90 Å². The van der Waals surface area contributed by atoms with Gasteiger partial charge < -0.3 is 15.3 Å². The van der Waals surface area contributed by atoms with Gasteiger partial charge in [0.1, 0.15) is 5.01 Å². The van der Waals surface area contributed by atoms with E-state index < -0.39 is 0 Å². The molecule has 1 aromatic rings. The van der Waals surface area contributed by atoms with E-state index in [-0.39, 0.29) is 24.1 Å². The first-order valence-electron chi connectivity index (χ1n) is 8.15. The number of carbonyl (C=O) groups is 1. The zero-order chi connectivity index (χ0) is 16.1. The maximum absolute atomic E-state index is 12.3. The molecule has 0 bridgehead atoms. The Morgan fingerprint density at radius 3 is 2.91 bits per heavy atom. The number of aliphatic hydroxyl groups is 1. The van der Waals surface area contributed by atoms with Crippen LogP contribution in [0, 0.1) is 5.92 Å². The van der Waals surface area contributed by atoms with Gasteiger partial charge in [0.05, 0.1) is 12.1 Å². The fourth-order valence-corrected chi connectivity index (χ4v) is 3.74. The number of aryl methyl sites for hydroxylation is 1. The highest BCUT2D eigenvalue weighted by molar-refractivity contribution is 7.11. The van der Waals surface area contributed by atoms with Crippen molar-refractivity contribution >= 4 is 17.4 Å². The van der Waals surface area contributed by atoms with Crippen molar-refractivity contribution < 1.29 is 9.90 Å². The fourth-order valence-electron chi connectivity index (χ4n) is 2.88. The summed E-state index contributed by atoms with van der Waals surface area (Å²) in [5, 5.41) is 14.0. The van der Waals surface area contributed by atoms with E-state index in [2.05, 4.69) is 17.2 Å². The van der Waals surface area contributed by atoms with Crippen LogP contribution in [-0.2, 0) is 6.42 Å². The molecule has 5 nitrogen and oxygen atoms in total. The lowest BCUT2D eigenvalue weighted by molar-refractivity contribution is 0.0563. The second kappa shape index (κ2) is 7.92. The van der Waals surface area contributed by atoms with Gasteiger partial charge in [0.15, 0.2) is 0 Å². The molecule has 0 radical (unpaired) electrons. The number of nitrogens with zero attached hydrogens (tertiary/aromatic N) is 2. The Hall–Kier alpha value is -1.14. The van der Waals surface area contributed by atoms with Crippen molar-refractivity contribution in [2.45, 2.75) is 58.1 Å². The number of aromatic nitrogens is 1. The Balaban J connectivity index is 1.84.